The van der Waals surface area contributed by atoms with E-state index in [-0.39, 0.29) is 58.1 Å². The zero-order valence-corrected chi connectivity index (χ0v) is 18.7. The van der Waals surface area contributed by atoms with E-state index in [1.54, 1.807) is 26.0 Å². The van der Waals surface area contributed by atoms with Crippen molar-refractivity contribution in [1.82, 2.24) is 5.32 Å². The fourth-order valence-electron chi connectivity index (χ4n) is 4.04. The first kappa shape index (κ1) is 24.0. The van der Waals surface area contributed by atoms with Crippen LogP contribution < -0.4 is 5.32 Å². The Labute approximate surface area is 190 Å². The number of phenolic OH excluding ortho intramolecular Hbond substituents is 1. The zero-order chi connectivity index (χ0) is 24.3. The lowest BCUT2D eigenvalue weighted by atomic mass is 9.76. The second kappa shape index (κ2) is 9.90. The van der Waals surface area contributed by atoms with Gasteiger partial charge >= 0.3 is 0 Å². The average Bonchev–Trinajstić information content (AvgIpc) is 2.79. The summed E-state index contributed by atoms with van der Waals surface area (Å²) in [5, 5.41) is 12.5. The second-order valence-electron chi connectivity index (χ2n) is 8.08. The van der Waals surface area contributed by atoms with Crippen LogP contribution in [-0.4, -0.2) is 29.1 Å². The lowest BCUT2D eigenvalue weighted by Crippen LogP contribution is -2.27. The van der Waals surface area contributed by atoms with Gasteiger partial charge in [-0.05, 0) is 69.5 Å². The maximum absolute atomic E-state index is 14.7. The maximum atomic E-state index is 14.7. The van der Waals surface area contributed by atoms with Crippen LogP contribution in [0.5, 0.6) is 5.75 Å². The Bertz CT molecular complexity index is 1200. The Morgan fingerprint density at radius 2 is 1.64 bits per heavy atom. The van der Waals surface area contributed by atoms with Gasteiger partial charge in [0, 0.05) is 34.8 Å². The number of halogens is 2. The monoisotopic (exact) mass is 453 g/mol. The second-order valence-corrected chi connectivity index (χ2v) is 8.08. The van der Waals surface area contributed by atoms with Gasteiger partial charge in [0.1, 0.15) is 17.4 Å². The zero-order valence-electron chi connectivity index (χ0n) is 18.7. The fraction of sp³-hybridized carbons (Fsp3) is 0.269. The Morgan fingerprint density at radius 3 is 2.33 bits per heavy atom. The SMILES string of the molecule is CC1=C(C)C(=O)C(C(CCCNC(=O)c2ccccc2O)c2cc(F)ccc2F)=C(C)C1=O. The number of carbonyl (C=O) groups is 3. The Hall–Kier alpha value is -3.61. The van der Waals surface area contributed by atoms with Crippen molar-refractivity contribution in [2.75, 3.05) is 6.54 Å². The van der Waals surface area contributed by atoms with Crippen molar-refractivity contribution >= 4 is 17.5 Å². The molecule has 0 spiro atoms. The number of nitrogens with one attached hydrogen (secondary N) is 1. The van der Waals surface area contributed by atoms with E-state index in [1.807, 2.05) is 0 Å². The predicted molar refractivity (Wildman–Crippen MR) is 120 cm³/mol. The summed E-state index contributed by atoms with van der Waals surface area (Å²) in [6.07, 6.45) is 0.513. The van der Waals surface area contributed by atoms with Crippen LogP contribution in [0.4, 0.5) is 8.78 Å². The van der Waals surface area contributed by atoms with Crippen LogP contribution in [-0.2, 0) is 9.59 Å². The molecule has 2 N–H and O–H groups in total. The van der Waals surface area contributed by atoms with Gasteiger partial charge in [-0.25, -0.2) is 8.78 Å². The van der Waals surface area contributed by atoms with Crippen LogP contribution >= 0.6 is 0 Å². The molecule has 0 aliphatic heterocycles. The molecule has 0 aromatic heterocycles. The summed E-state index contributed by atoms with van der Waals surface area (Å²) in [7, 11) is 0. The number of ketones is 2. The first-order chi connectivity index (χ1) is 15.6. The number of benzene rings is 2. The van der Waals surface area contributed by atoms with Crippen molar-refractivity contribution in [3.63, 3.8) is 0 Å². The van der Waals surface area contributed by atoms with Crippen molar-refractivity contribution in [1.29, 1.82) is 0 Å². The smallest absolute Gasteiger partial charge is 0.255 e. The number of allylic oxidation sites excluding steroid dienone is 4. The van der Waals surface area contributed by atoms with Gasteiger partial charge in [0.15, 0.2) is 11.6 Å². The highest BCUT2D eigenvalue weighted by Gasteiger charge is 2.34. The van der Waals surface area contributed by atoms with Gasteiger partial charge in [-0.15, -0.1) is 0 Å². The van der Waals surface area contributed by atoms with Gasteiger partial charge in [-0.2, -0.15) is 0 Å². The van der Waals surface area contributed by atoms with Crippen molar-refractivity contribution in [3.8, 4) is 5.75 Å². The minimum Gasteiger partial charge on any atom is -0.507 e. The Morgan fingerprint density at radius 1 is 0.970 bits per heavy atom. The lowest BCUT2D eigenvalue weighted by molar-refractivity contribution is -0.116. The number of para-hydroxylation sites is 1. The number of rotatable bonds is 7. The molecule has 1 unspecified atom stereocenters. The summed E-state index contributed by atoms with van der Waals surface area (Å²) in [5.74, 6) is -3.48. The molecule has 1 aliphatic rings. The number of Topliss-reactive ketones (excluding diaryl/α,β-unsaturated/α-hetero) is 2. The van der Waals surface area contributed by atoms with Crippen LogP contribution in [0, 0.1) is 11.6 Å². The third kappa shape index (κ3) is 4.92. The molecule has 0 heterocycles. The standard InChI is InChI=1S/C26H25F2NO4/c1-14-15(2)25(32)23(16(3)24(14)31)18(20-13-17(27)10-11-21(20)28)8-6-12-29-26(33)19-7-4-5-9-22(19)30/h4-5,7,9-11,13,18,30H,6,8,12H2,1-3H3,(H,29,33). The van der Waals surface area contributed by atoms with Crippen LogP contribution in [0.1, 0.15) is 55.5 Å². The summed E-state index contributed by atoms with van der Waals surface area (Å²) >= 11 is 0. The third-order valence-electron chi connectivity index (χ3n) is 6.02. The topological polar surface area (TPSA) is 83.5 Å². The first-order valence-corrected chi connectivity index (χ1v) is 10.6. The molecule has 33 heavy (non-hydrogen) atoms. The average molecular weight is 453 g/mol. The molecule has 0 saturated heterocycles. The molecule has 2 aromatic carbocycles. The Kier molecular flexibility index (Phi) is 7.21. The van der Waals surface area contributed by atoms with Gasteiger partial charge in [0.2, 0.25) is 0 Å². The molecule has 172 valence electrons. The molecular formula is C26H25F2NO4. The normalized spacial score (nSPS) is 15.2. The van der Waals surface area contributed by atoms with E-state index in [4.69, 9.17) is 0 Å². The lowest BCUT2D eigenvalue weighted by Gasteiger charge is -2.26. The summed E-state index contributed by atoms with van der Waals surface area (Å²) < 4.78 is 28.7. The largest absolute Gasteiger partial charge is 0.507 e. The van der Waals surface area contributed by atoms with Crippen molar-refractivity contribution in [2.24, 2.45) is 0 Å². The molecule has 2 aromatic rings. The third-order valence-corrected chi connectivity index (χ3v) is 6.02. The van der Waals surface area contributed by atoms with E-state index in [0.29, 0.717) is 12.0 Å². The van der Waals surface area contributed by atoms with Crippen LogP contribution in [0.15, 0.2) is 64.8 Å². The van der Waals surface area contributed by atoms with Gasteiger partial charge < -0.3 is 10.4 Å². The molecule has 1 atom stereocenters. The van der Waals surface area contributed by atoms with E-state index < -0.39 is 23.5 Å². The molecule has 0 saturated carbocycles. The number of hydrogen-bond acceptors (Lipinski definition) is 4. The number of aromatic hydroxyl groups is 1. The number of phenols is 1. The molecule has 0 fully saturated rings. The van der Waals surface area contributed by atoms with Crippen LogP contribution in [0.2, 0.25) is 0 Å². The van der Waals surface area contributed by atoms with Crippen LogP contribution in [0.25, 0.3) is 0 Å². The molecular weight excluding hydrogens is 428 g/mol. The van der Waals surface area contributed by atoms with E-state index >= 15 is 0 Å². The maximum Gasteiger partial charge on any atom is 0.255 e. The minimum absolute atomic E-state index is 0.00937. The number of amides is 1. The number of carbonyl (C=O) groups excluding carboxylic acids is 3. The highest BCUT2D eigenvalue weighted by atomic mass is 19.1. The highest BCUT2D eigenvalue weighted by Crippen LogP contribution is 2.38. The van der Waals surface area contributed by atoms with Gasteiger partial charge in [0.05, 0.1) is 5.56 Å². The van der Waals surface area contributed by atoms with Gasteiger partial charge in [0.25, 0.3) is 5.91 Å². The summed E-state index contributed by atoms with van der Waals surface area (Å²) in [5.41, 5.74) is 1.11. The summed E-state index contributed by atoms with van der Waals surface area (Å²) in [6, 6.07) is 9.13. The highest BCUT2D eigenvalue weighted by molar-refractivity contribution is 6.25. The van der Waals surface area contributed by atoms with Crippen molar-refractivity contribution < 1.29 is 28.3 Å². The molecule has 1 aliphatic carbocycles. The van der Waals surface area contributed by atoms with Gasteiger partial charge in [-0.1, -0.05) is 12.1 Å². The quantitative estimate of drug-likeness (QED) is 0.467. The minimum atomic E-state index is -0.859. The van der Waals surface area contributed by atoms with Crippen molar-refractivity contribution in [2.45, 2.75) is 39.5 Å². The number of hydrogen-bond donors (Lipinski definition) is 2. The van der Waals surface area contributed by atoms with Crippen molar-refractivity contribution in [3.05, 3.63) is 87.5 Å². The Balaban J connectivity index is 1.86. The molecule has 5 nitrogen and oxygen atoms in total. The molecule has 3 rings (SSSR count). The molecule has 7 heteroatoms. The van der Waals surface area contributed by atoms with Gasteiger partial charge in [-0.3, -0.25) is 14.4 Å². The molecule has 0 bridgehead atoms. The predicted octanol–water partition coefficient (Wildman–Crippen LogP) is 4.77. The van der Waals surface area contributed by atoms with E-state index in [2.05, 4.69) is 5.32 Å². The van der Waals surface area contributed by atoms with E-state index in [9.17, 15) is 28.3 Å². The van der Waals surface area contributed by atoms with Crippen LogP contribution in [0.3, 0.4) is 0 Å². The van der Waals surface area contributed by atoms with E-state index in [0.717, 1.165) is 18.2 Å². The molecule has 0 radical (unpaired) electrons. The molecule has 1 amide bonds. The summed E-state index contributed by atoms with van der Waals surface area (Å²) in [6.45, 7) is 4.81. The van der Waals surface area contributed by atoms with E-state index in [1.165, 1.54) is 19.1 Å². The summed E-state index contributed by atoms with van der Waals surface area (Å²) in [4.78, 5) is 38.1. The first-order valence-electron chi connectivity index (χ1n) is 10.6. The fourth-order valence-corrected chi connectivity index (χ4v) is 4.04.